The molecule has 0 aromatic rings. The van der Waals surface area contributed by atoms with Gasteiger partial charge in [0.2, 0.25) is 0 Å². The van der Waals surface area contributed by atoms with Gasteiger partial charge in [-0.2, -0.15) is 0 Å². The maximum atomic E-state index is 10.1. The van der Waals surface area contributed by atoms with E-state index in [1.807, 2.05) is 11.8 Å². The molecule has 0 radical (unpaired) electrons. The third-order valence-electron chi connectivity index (χ3n) is 1.77. The van der Waals surface area contributed by atoms with Gasteiger partial charge in [-0.3, -0.25) is 0 Å². The summed E-state index contributed by atoms with van der Waals surface area (Å²) in [4.78, 5) is 0. The molecule has 1 aliphatic rings. The van der Waals surface area contributed by atoms with Gasteiger partial charge in [-0.05, 0) is 0 Å². The van der Waals surface area contributed by atoms with Gasteiger partial charge in [0.15, 0.2) is 0 Å². The average Bonchev–Trinajstić information content (AvgIpc) is 1.91. The van der Waals surface area contributed by atoms with E-state index in [4.69, 9.17) is 0 Å². The molecule has 0 amide bonds. The van der Waals surface area contributed by atoms with Crippen LogP contribution < -0.4 is 0 Å². The van der Waals surface area contributed by atoms with Crippen molar-refractivity contribution in [2.24, 2.45) is 5.92 Å². The third-order valence-corrected chi connectivity index (χ3v) is 2.82. The van der Waals surface area contributed by atoms with Crippen molar-refractivity contribution in [2.75, 3.05) is 11.5 Å². The summed E-state index contributed by atoms with van der Waals surface area (Å²) in [5.41, 5.74) is 0. The Labute approximate surface area is 60.8 Å². The first-order chi connectivity index (χ1) is 4.43. The van der Waals surface area contributed by atoms with Crippen LogP contribution in [0.3, 0.4) is 0 Å². The molecule has 0 unspecified atom stereocenters. The standard InChI is InChI=1S/C6H11BOS/c8-7-5-6-1-3-9-4-2-6/h6H,1-5H2. The van der Waals surface area contributed by atoms with Crippen LogP contribution in [-0.4, -0.2) is 18.7 Å². The van der Waals surface area contributed by atoms with Crippen LogP contribution in [0.5, 0.6) is 0 Å². The molecule has 1 rings (SSSR count). The zero-order chi connectivity index (χ0) is 6.53. The van der Waals surface area contributed by atoms with Crippen LogP contribution in [0.15, 0.2) is 0 Å². The van der Waals surface area contributed by atoms with Crippen molar-refractivity contribution >= 4 is 18.9 Å². The maximum absolute atomic E-state index is 10.1. The molecule has 1 saturated heterocycles. The SMILES string of the molecule is O=BCC1CCSCC1. The van der Waals surface area contributed by atoms with Gasteiger partial charge in [0.25, 0.3) is 0 Å². The van der Waals surface area contributed by atoms with Crippen LogP contribution in [-0.2, 0) is 4.70 Å². The Balaban J connectivity index is 2.15. The van der Waals surface area contributed by atoms with Crippen LogP contribution in [0.4, 0.5) is 0 Å². The summed E-state index contributed by atoms with van der Waals surface area (Å²) in [6.07, 6.45) is 3.30. The van der Waals surface area contributed by atoms with Gasteiger partial charge in [-0.15, -0.1) is 0 Å². The fourth-order valence-electron chi connectivity index (χ4n) is 1.12. The van der Waals surface area contributed by atoms with E-state index in [-0.39, 0.29) is 0 Å². The minimum atomic E-state index is 0.712. The van der Waals surface area contributed by atoms with Gasteiger partial charge < -0.3 is 0 Å². The van der Waals surface area contributed by atoms with Crippen molar-refractivity contribution < 1.29 is 4.70 Å². The van der Waals surface area contributed by atoms with Gasteiger partial charge in [-0.25, -0.2) is 0 Å². The number of thioether (sulfide) groups is 1. The molecule has 0 aromatic carbocycles. The van der Waals surface area contributed by atoms with Crippen LogP contribution in [0.1, 0.15) is 12.8 Å². The van der Waals surface area contributed by atoms with Crippen molar-refractivity contribution in [1.29, 1.82) is 0 Å². The zero-order valence-corrected chi connectivity index (χ0v) is 6.32. The first-order valence-corrected chi connectivity index (χ1v) is 4.60. The summed E-state index contributed by atoms with van der Waals surface area (Å²) >= 11 is 2.01. The minimum absolute atomic E-state index is 0.712. The van der Waals surface area contributed by atoms with E-state index in [0.717, 1.165) is 13.5 Å². The molecule has 9 heavy (non-hydrogen) atoms. The van der Waals surface area contributed by atoms with E-state index >= 15 is 0 Å². The quantitative estimate of drug-likeness (QED) is 0.544. The van der Waals surface area contributed by atoms with E-state index in [9.17, 15) is 4.70 Å². The zero-order valence-electron chi connectivity index (χ0n) is 5.51. The molecule has 0 aliphatic carbocycles. The molecule has 0 aromatic heterocycles. The van der Waals surface area contributed by atoms with E-state index in [1.165, 1.54) is 24.3 Å². The molecule has 0 bridgehead atoms. The molecule has 1 fully saturated rings. The van der Waals surface area contributed by atoms with Crippen molar-refractivity contribution in [3.05, 3.63) is 0 Å². The molecule has 1 nitrogen and oxygen atoms in total. The molecule has 0 N–H and O–H groups in total. The molecule has 1 aliphatic heterocycles. The van der Waals surface area contributed by atoms with Crippen LogP contribution in [0.25, 0.3) is 0 Å². The normalized spacial score (nSPS) is 21.3. The van der Waals surface area contributed by atoms with Crippen LogP contribution in [0.2, 0.25) is 6.32 Å². The second-order valence-electron chi connectivity index (χ2n) is 2.46. The molecule has 3 heteroatoms. The predicted molar refractivity (Wildman–Crippen MR) is 41.3 cm³/mol. The predicted octanol–water partition coefficient (Wildman–Crippen LogP) is 1.60. The summed E-state index contributed by atoms with van der Waals surface area (Å²) in [6, 6.07) is 0. The topological polar surface area (TPSA) is 17.1 Å². The van der Waals surface area contributed by atoms with Crippen molar-refractivity contribution in [2.45, 2.75) is 19.2 Å². The average molecular weight is 142 g/mol. The second kappa shape index (κ2) is 4.10. The number of rotatable bonds is 2. The fourth-order valence-corrected chi connectivity index (χ4v) is 2.32. The molecular weight excluding hydrogens is 131 g/mol. The Bertz CT molecular complexity index is 91.1. The Kier molecular flexibility index (Phi) is 3.33. The van der Waals surface area contributed by atoms with Crippen molar-refractivity contribution in [3.8, 4) is 0 Å². The monoisotopic (exact) mass is 142 g/mol. The van der Waals surface area contributed by atoms with Gasteiger partial charge in [0.1, 0.15) is 0 Å². The second-order valence-corrected chi connectivity index (χ2v) is 3.68. The van der Waals surface area contributed by atoms with Crippen LogP contribution in [0, 0.1) is 5.92 Å². The number of hydrogen-bond acceptors (Lipinski definition) is 2. The first kappa shape index (κ1) is 7.32. The van der Waals surface area contributed by atoms with Gasteiger partial charge >= 0.3 is 60.2 Å². The Morgan fingerprint density at radius 3 is 2.67 bits per heavy atom. The summed E-state index contributed by atoms with van der Waals surface area (Å²) in [5, 5.41) is 0. The number of hydrogen-bond donors (Lipinski definition) is 0. The third kappa shape index (κ3) is 2.52. The van der Waals surface area contributed by atoms with Gasteiger partial charge in [-0.1, -0.05) is 0 Å². The van der Waals surface area contributed by atoms with E-state index in [1.54, 1.807) is 0 Å². The van der Waals surface area contributed by atoms with E-state index < -0.39 is 0 Å². The molecule has 0 spiro atoms. The summed E-state index contributed by atoms with van der Waals surface area (Å²) in [6.45, 7) is 0. The molecule has 1 heterocycles. The fraction of sp³-hybridized carbons (Fsp3) is 1.00. The molecule has 0 atom stereocenters. The van der Waals surface area contributed by atoms with E-state index in [2.05, 4.69) is 0 Å². The Morgan fingerprint density at radius 2 is 2.11 bits per heavy atom. The van der Waals surface area contributed by atoms with Gasteiger partial charge in [0, 0.05) is 0 Å². The van der Waals surface area contributed by atoms with E-state index in [0.29, 0.717) is 5.92 Å². The van der Waals surface area contributed by atoms with Crippen LogP contribution >= 0.6 is 11.8 Å². The first-order valence-electron chi connectivity index (χ1n) is 3.45. The summed E-state index contributed by atoms with van der Waals surface area (Å²) < 4.78 is 10.1. The molecule has 50 valence electrons. The summed E-state index contributed by atoms with van der Waals surface area (Å²) in [7, 11) is 1.06. The van der Waals surface area contributed by atoms with Crippen molar-refractivity contribution in [3.63, 3.8) is 0 Å². The molecular formula is C6H11BOS. The molecule has 0 saturated carbocycles. The Hall–Kier alpha value is 0.215. The Morgan fingerprint density at radius 1 is 1.44 bits per heavy atom. The van der Waals surface area contributed by atoms with Gasteiger partial charge in [0.05, 0.1) is 0 Å². The summed E-state index contributed by atoms with van der Waals surface area (Å²) in [5.74, 6) is 3.24. The van der Waals surface area contributed by atoms with Crippen molar-refractivity contribution in [1.82, 2.24) is 0 Å².